The van der Waals surface area contributed by atoms with Crippen LogP contribution in [0.5, 0.6) is 5.75 Å². The SMILES string of the molecule is Cc1cnc(-c2cc(O)c(-c3ccc(N4CCC(NC5CCC5)C4)nn3)cc2F)s1. The van der Waals surface area contributed by atoms with Crippen LogP contribution in [-0.4, -0.2) is 45.5 Å². The van der Waals surface area contributed by atoms with Crippen LogP contribution in [0.3, 0.4) is 0 Å². The lowest BCUT2D eigenvalue weighted by molar-refractivity contribution is 0.311. The normalized spacial score (nSPS) is 19.3. The summed E-state index contributed by atoms with van der Waals surface area (Å²) in [4.78, 5) is 7.42. The van der Waals surface area contributed by atoms with Crippen LogP contribution >= 0.6 is 11.3 Å². The molecule has 30 heavy (non-hydrogen) atoms. The van der Waals surface area contributed by atoms with Crippen LogP contribution in [-0.2, 0) is 0 Å². The van der Waals surface area contributed by atoms with Gasteiger partial charge in [-0.15, -0.1) is 21.5 Å². The van der Waals surface area contributed by atoms with E-state index in [4.69, 9.17) is 0 Å². The van der Waals surface area contributed by atoms with Gasteiger partial charge in [0.1, 0.15) is 16.6 Å². The molecule has 8 heteroatoms. The first-order valence-corrected chi connectivity index (χ1v) is 11.2. The fraction of sp³-hybridized carbons (Fsp3) is 0.409. The Balaban J connectivity index is 1.32. The summed E-state index contributed by atoms with van der Waals surface area (Å²) in [6, 6.07) is 7.57. The second-order valence-electron chi connectivity index (χ2n) is 8.13. The van der Waals surface area contributed by atoms with Gasteiger partial charge in [0.2, 0.25) is 0 Å². The largest absolute Gasteiger partial charge is 0.507 e. The van der Waals surface area contributed by atoms with Gasteiger partial charge in [-0.2, -0.15) is 0 Å². The third kappa shape index (κ3) is 3.77. The first-order valence-electron chi connectivity index (χ1n) is 10.4. The molecule has 3 heterocycles. The molecular weight excluding hydrogens is 401 g/mol. The molecule has 1 unspecified atom stereocenters. The topological polar surface area (TPSA) is 74.2 Å². The van der Waals surface area contributed by atoms with E-state index in [1.54, 1.807) is 12.3 Å². The number of benzene rings is 1. The van der Waals surface area contributed by atoms with Gasteiger partial charge < -0.3 is 15.3 Å². The monoisotopic (exact) mass is 425 g/mol. The van der Waals surface area contributed by atoms with Crippen molar-refractivity contribution in [2.24, 2.45) is 0 Å². The van der Waals surface area contributed by atoms with Crippen molar-refractivity contribution in [3.05, 3.63) is 41.2 Å². The average Bonchev–Trinajstić information content (AvgIpc) is 3.35. The van der Waals surface area contributed by atoms with Crippen molar-refractivity contribution < 1.29 is 9.50 Å². The smallest absolute Gasteiger partial charge is 0.151 e. The van der Waals surface area contributed by atoms with E-state index in [0.717, 1.165) is 30.2 Å². The van der Waals surface area contributed by atoms with Gasteiger partial charge in [-0.05, 0) is 50.5 Å². The number of aromatic nitrogens is 3. The number of aryl methyl sites for hydroxylation is 1. The Kier molecular flexibility index (Phi) is 5.12. The molecule has 156 valence electrons. The quantitative estimate of drug-likeness (QED) is 0.640. The minimum absolute atomic E-state index is 0.0350. The molecule has 2 aromatic heterocycles. The van der Waals surface area contributed by atoms with E-state index in [9.17, 15) is 9.50 Å². The van der Waals surface area contributed by atoms with Crippen LogP contribution in [0.2, 0.25) is 0 Å². The van der Waals surface area contributed by atoms with E-state index in [2.05, 4.69) is 25.4 Å². The minimum Gasteiger partial charge on any atom is -0.507 e. The number of anilines is 1. The van der Waals surface area contributed by atoms with Crippen molar-refractivity contribution in [3.8, 4) is 27.6 Å². The maximum atomic E-state index is 14.7. The van der Waals surface area contributed by atoms with Gasteiger partial charge in [-0.1, -0.05) is 6.42 Å². The fourth-order valence-corrected chi connectivity index (χ4v) is 4.84. The highest BCUT2D eigenvalue weighted by atomic mass is 32.1. The summed E-state index contributed by atoms with van der Waals surface area (Å²) in [6.07, 6.45) is 6.69. The first kappa shape index (κ1) is 19.4. The summed E-state index contributed by atoms with van der Waals surface area (Å²) in [5.74, 6) is 0.339. The third-order valence-corrected chi connectivity index (χ3v) is 6.90. The molecule has 1 aliphatic heterocycles. The molecule has 1 aliphatic carbocycles. The molecule has 5 rings (SSSR count). The van der Waals surface area contributed by atoms with Gasteiger partial charge in [0.25, 0.3) is 0 Å². The summed E-state index contributed by atoms with van der Waals surface area (Å²) in [5, 5.41) is 23.4. The molecule has 0 amide bonds. The Morgan fingerprint density at radius 1 is 1.13 bits per heavy atom. The molecule has 2 fully saturated rings. The van der Waals surface area contributed by atoms with Crippen LogP contribution in [0.4, 0.5) is 10.2 Å². The lowest BCUT2D eigenvalue weighted by Gasteiger charge is -2.29. The summed E-state index contributed by atoms with van der Waals surface area (Å²) < 4.78 is 14.7. The Morgan fingerprint density at radius 2 is 2.00 bits per heavy atom. The van der Waals surface area contributed by atoms with Crippen LogP contribution in [0, 0.1) is 12.7 Å². The maximum Gasteiger partial charge on any atom is 0.151 e. The van der Waals surface area contributed by atoms with E-state index < -0.39 is 5.82 Å². The molecule has 1 saturated carbocycles. The summed E-state index contributed by atoms with van der Waals surface area (Å²) in [5.41, 5.74) is 1.07. The Bertz CT molecular complexity index is 1050. The number of hydrogen-bond acceptors (Lipinski definition) is 7. The number of rotatable bonds is 5. The van der Waals surface area contributed by atoms with Crippen LogP contribution in [0.1, 0.15) is 30.6 Å². The van der Waals surface area contributed by atoms with Crippen molar-refractivity contribution in [1.29, 1.82) is 0 Å². The number of nitrogens with zero attached hydrogens (tertiary/aromatic N) is 4. The second kappa shape index (κ2) is 7.92. The molecule has 2 N–H and O–H groups in total. The zero-order valence-electron chi connectivity index (χ0n) is 16.8. The molecule has 0 bridgehead atoms. The highest BCUT2D eigenvalue weighted by Gasteiger charge is 2.28. The predicted octanol–water partition coefficient (Wildman–Crippen LogP) is 4.14. The Morgan fingerprint density at radius 3 is 2.67 bits per heavy atom. The van der Waals surface area contributed by atoms with Gasteiger partial charge >= 0.3 is 0 Å². The summed E-state index contributed by atoms with van der Waals surface area (Å²) in [6.45, 7) is 3.78. The third-order valence-electron chi connectivity index (χ3n) is 5.95. The van der Waals surface area contributed by atoms with Crippen molar-refractivity contribution in [2.75, 3.05) is 18.0 Å². The molecule has 1 aromatic carbocycles. The molecule has 2 aliphatic rings. The second-order valence-corrected chi connectivity index (χ2v) is 9.36. The van der Waals surface area contributed by atoms with E-state index in [1.165, 1.54) is 42.7 Å². The fourth-order valence-electron chi connectivity index (χ4n) is 4.06. The van der Waals surface area contributed by atoms with Gasteiger partial charge in [-0.3, -0.25) is 0 Å². The maximum absolute atomic E-state index is 14.7. The Hall–Kier alpha value is -2.58. The molecule has 0 spiro atoms. The summed E-state index contributed by atoms with van der Waals surface area (Å²) >= 11 is 1.39. The molecule has 0 radical (unpaired) electrons. The first-order chi connectivity index (χ1) is 14.6. The van der Waals surface area contributed by atoms with Crippen molar-refractivity contribution >= 4 is 17.2 Å². The zero-order chi connectivity index (χ0) is 20.7. The lowest BCUT2D eigenvalue weighted by atomic mass is 9.92. The van der Waals surface area contributed by atoms with Gasteiger partial charge in [0, 0.05) is 47.4 Å². The predicted molar refractivity (Wildman–Crippen MR) is 116 cm³/mol. The Labute approximate surface area is 178 Å². The number of hydrogen-bond donors (Lipinski definition) is 2. The summed E-state index contributed by atoms with van der Waals surface area (Å²) in [7, 11) is 0. The zero-order valence-corrected chi connectivity index (χ0v) is 17.6. The van der Waals surface area contributed by atoms with E-state index in [0.29, 0.717) is 33.9 Å². The lowest BCUT2D eigenvalue weighted by Crippen LogP contribution is -2.43. The van der Waals surface area contributed by atoms with Gasteiger partial charge in [0.05, 0.1) is 5.69 Å². The van der Waals surface area contributed by atoms with Crippen LogP contribution < -0.4 is 10.2 Å². The van der Waals surface area contributed by atoms with Gasteiger partial charge in [-0.25, -0.2) is 9.37 Å². The van der Waals surface area contributed by atoms with E-state index in [-0.39, 0.29) is 5.75 Å². The molecule has 1 saturated heterocycles. The molecular formula is C22H24FN5OS. The molecule has 1 atom stereocenters. The van der Waals surface area contributed by atoms with Crippen LogP contribution in [0.25, 0.3) is 21.8 Å². The number of halogens is 1. The number of aromatic hydroxyl groups is 1. The number of phenols is 1. The molecule has 6 nitrogen and oxygen atoms in total. The van der Waals surface area contributed by atoms with Crippen molar-refractivity contribution in [2.45, 2.75) is 44.7 Å². The standard InChI is InChI=1S/C22H24FN5OS/c1-13-11-24-22(30-13)16-10-20(29)17(9-18(16)23)19-5-6-21(27-26-19)28-8-7-15(12-28)25-14-3-2-4-14/h5-6,9-11,14-15,25,29H,2-4,7-8,12H2,1H3. The highest BCUT2D eigenvalue weighted by molar-refractivity contribution is 7.14. The van der Waals surface area contributed by atoms with Crippen LogP contribution in [0.15, 0.2) is 30.5 Å². The van der Waals surface area contributed by atoms with Crippen molar-refractivity contribution in [3.63, 3.8) is 0 Å². The average molecular weight is 426 g/mol. The number of nitrogens with one attached hydrogen (secondary N) is 1. The molecule has 3 aromatic rings. The minimum atomic E-state index is -0.438. The van der Waals surface area contributed by atoms with Gasteiger partial charge in [0.15, 0.2) is 5.82 Å². The van der Waals surface area contributed by atoms with Crippen molar-refractivity contribution in [1.82, 2.24) is 20.5 Å². The number of thiazole rings is 1. The highest BCUT2D eigenvalue weighted by Crippen LogP contribution is 2.36. The van der Waals surface area contributed by atoms with E-state index in [1.807, 2.05) is 13.0 Å². The number of phenolic OH excluding ortho intramolecular Hbond substituents is 1. The van der Waals surface area contributed by atoms with E-state index >= 15 is 0 Å².